The van der Waals surface area contributed by atoms with Gasteiger partial charge in [-0.25, -0.2) is 9.37 Å². The molecule has 96 valence electrons. The minimum Gasteiger partial charge on any atom is -0.396 e. The van der Waals surface area contributed by atoms with Crippen molar-refractivity contribution in [3.05, 3.63) is 48.5 Å². The number of imidazole rings is 1. The molecule has 0 aliphatic carbocycles. The molecule has 0 amide bonds. The van der Waals surface area contributed by atoms with E-state index in [0.717, 1.165) is 16.7 Å². The monoisotopic (exact) mass is 256 g/mol. The van der Waals surface area contributed by atoms with E-state index in [1.165, 1.54) is 12.1 Å². The summed E-state index contributed by atoms with van der Waals surface area (Å²) in [4.78, 5) is 4.28. The Labute approximate surface area is 109 Å². The van der Waals surface area contributed by atoms with Crippen LogP contribution in [0.3, 0.4) is 0 Å². The maximum atomic E-state index is 13.4. The second kappa shape index (κ2) is 4.28. The lowest BCUT2D eigenvalue weighted by Crippen LogP contribution is -1.94. The normalized spacial score (nSPS) is 10.8. The number of nitrogens with two attached hydrogens (primary N) is 1. The van der Waals surface area contributed by atoms with Gasteiger partial charge in [-0.05, 0) is 36.4 Å². The minimum absolute atomic E-state index is 0.144. The minimum atomic E-state index is -0.427. The molecule has 1 aromatic heterocycles. The van der Waals surface area contributed by atoms with E-state index < -0.39 is 5.82 Å². The first kappa shape index (κ1) is 11.5. The fourth-order valence-electron chi connectivity index (χ4n) is 1.99. The van der Waals surface area contributed by atoms with Gasteiger partial charge in [-0.2, -0.15) is 0 Å². The first-order valence-electron chi connectivity index (χ1n) is 5.86. The van der Waals surface area contributed by atoms with Gasteiger partial charge in [-0.3, -0.25) is 0 Å². The molecule has 4 nitrogen and oxygen atoms in total. The maximum absolute atomic E-state index is 13.4. The SMILES string of the molecule is Cn1cnc2cc(Nc3ccc(N)c(F)c3)ccc21. The van der Waals surface area contributed by atoms with Gasteiger partial charge in [0.15, 0.2) is 0 Å². The second-order valence-corrected chi connectivity index (χ2v) is 4.42. The summed E-state index contributed by atoms with van der Waals surface area (Å²) < 4.78 is 15.3. The van der Waals surface area contributed by atoms with E-state index in [4.69, 9.17) is 5.73 Å². The molecular formula is C14H13FN4. The van der Waals surface area contributed by atoms with Crippen LogP contribution >= 0.6 is 0 Å². The molecule has 3 rings (SSSR count). The van der Waals surface area contributed by atoms with Crippen molar-refractivity contribution in [3.63, 3.8) is 0 Å². The molecule has 0 fully saturated rings. The Morgan fingerprint density at radius 3 is 2.68 bits per heavy atom. The Hall–Kier alpha value is -2.56. The van der Waals surface area contributed by atoms with Crippen molar-refractivity contribution in [1.82, 2.24) is 9.55 Å². The average molecular weight is 256 g/mol. The summed E-state index contributed by atoms with van der Waals surface area (Å²) in [6, 6.07) is 10.5. The molecule has 0 radical (unpaired) electrons. The molecule has 3 aromatic rings. The highest BCUT2D eigenvalue weighted by Crippen LogP contribution is 2.23. The van der Waals surface area contributed by atoms with Crippen molar-refractivity contribution in [2.24, 2.45) is 7.05 Å². The summed E-state index contributed by atoms with van der Waals surface area (Å²) in [6.45, 7) is 0. The van der Waals surface area contributed by atoms with Crippen LogP contribution in [0, 0.1) is 5.82 Å². The highest BCUT2D eigenvalue weighted by atomic mass is 19.1. The smallest absolute Gasteiger partial charge is 0.148 e. The van der Waals surface area contributed by atoms with Gasteiger partial charge in [-0.1, -0.05) is 0 Å². The van der Waals surface area contributed by atoms with E-state index in [1.807, 2.05) is 29.8 Å². The van der Waals surface area contributed by atoms with E-state index in [1.54, 1.807) is 12.4 Å². The predicted octanol–water partition coefficient (Wildman–Crippen LogP) is 3.04. The molecule has 0 atom stereocenters. The molecule has 0 saturated heterocycles. The van der Waals surface area contributed by atoms with Crippen LogP contribution in [0.2, 0.25) is 0 Å². The number of nitrogens with zero attached hydrogens (tertiary/aromatic N) is 2. The molecule has 0 spiro atoms. The molecule has 2 aromatic carbocycles. The maximum Gasteiger partial charge on any atom is 0.148 e. The second-order valence-electron chi connectivity index (χ2n) is 4.42. The van der Waals surface area contributed by atoms with Gasteiger partial charge >= 0.3 is 0 Å². The number of nitrogen functional groups attached to an aromatic ring is 1. The fraction of sp³-hybridized carbons (Fsp3) is 0.0714. The zero-order valence-corrected chi connectivity index (χ0v) is 10.4. The molecule has 3 N–H and O–H groups in total. The lowest BCUT2D eigenvalue weighted by Gasteiger charge is -2.07. The van der Waals surface area contributed by atoms with Crippen LogP contribution in [0.4, 0.5) is 21.5 Å². The summed E-state index contributed by atoms with van der Waals surface area (Å²) >= 11 is 0. The van der Waals surface area contributed by atoms with E-state index >= 15 is 0 Å². The Morgan fingerprint density at radius 2 is 1.89 bits per heavy atom. The number of benzene rings is 2. The highest BCUT2D eigenvalue weighted by Gasteiger charge is 2.03. The van der Waals surface area contributed by atoms with Crippen molar-refractivity contribution in [2.75, 3.05) is 11.1 Å². The summed E-state index contributed by atoms with van der Waals surface area (Å²) in [5.41, 5.74) is 9.04. The van der Waals surface area contributed by atoms with Gasteiger partial charge < -0.3 is 15.6 Å². The molecule has 0 bridgehead atoms. The molecule has 19 heavy (non-hydrogen) atoms. The van der Waals surface area contributed by atoms with Crippen LogP contribution in [-0.2, 0) is 7.05 Å². The van der Waals surface area contributed by atoms with Crippen molar-refractivity contribution >= 4 is 28.1 Å². The number of aryl methyl sites for hydroxylation is 1. The third-order valence-electron chi connectivity index (χ3n) is 3.01. The van der Waals surface area contributed by atoms with Crippen LogP contribution < -0.4 is 11.1 Å². The van der Waals surface area contributed by atoms with Gasteiger partial charge in [0.1, 0.15) is 5.82 Å². The lowest BCUT2D eigenvalue weighted by molar-refractivity contribution is 0.633. The molecular weight excluding hydrogens is 243 g/mol. The third-order valence-corrected chi connectivity index (χ3v) is 3.01. The fourth-order valence-corrected chi connectivity index (χ4v) is 1.99. The number of aromatic nitrogens is 2. The zero-order valence-electron chi connectivity index (χ0n) is 10.4. The first-order chi connectivity index (χ1) is 9.13. The molecule has 0 aliphatic rings. The Bertz CT molecular complexity index is 748. The van der Waals surface area contributed by atoms with Gasteiger partial charge in [0.2, 0.25) is 0 Å². The van der Waals surface area contributed by atoms with Crippen LogP contribution in [0.1, 0.15) is 0 Å². The third kappa shape index (κ3) is 2.10. The van der Waals surface area contributed by atoms with Gasteiger partial charge in [0, 0.05) is 18.4 Å². The number of rotatable bonds is 2. The van der Waals surface area contributed by atoms with E-state index in [9.17, 15) is 4.39 Å². The van der Waals surface area contributed by atoms with Crippen LogP contribution in [0.15, 0.2) is 42.7 Å². The number of nitrogens with one attached hydrogen (secondary N) is 1. The molecule has 1 heterocycles. The summed E-state index contributed by atoms with van der Waals surface area (Å²) in [5, 5.41) is 3.13. The Morgan fingerprint density at radius 1 is 1.16 bits per heavy atom. The quantitative estimate of drug-likeness (QED) is 0.693. The Balaban J connectivity index is 1.94. The number of halogens is 1. The van der Waals surface area contributed by atoms with Gasteiger partial charge in [0.25, 0.3) is 0 Å². The number of hydrogen-bond donors (Lipinski definition) is 2. The van der Waals surface area contributed by atoms with E-state index in [-0.39, 0.29) is 5.69 Å². The van der Waals surface area contributed by atoms with Crippen LogP contribution in [0.5, 0.6) is 0 Å². The highest BCUT2D eigenvalue weighted by molar-refractivity contribution is 5.80. The lowest BCUT2D eigenvalue weighted by atomic mass is 10.2. The van der Waals surface area contributed by atoms with Crippen molar-refractivity contribution in [1.29, 1.82) is 0 Å². The van der Waals surface area contributed by atoms with E-state index in [2.05, 4.69) is 10.3 Å². The van der Waals surface area contributed by atoms with Gasteiger partial charge in [-0.15, -0.1) is 0 Å². The van der Waals surface area contributed by atoms with Crippen molar-refractivity contribution in [3.8, 4) is 0 Å². The molecule has 0 saturated carbocycles. The van der Waals surface area contributed by atoms with Crippen molar-refractivity contribution < 1.29 is 4.39 Å². The van der Waals surface area contributed by atoms with Crippen LogP contribution in [-0.4, -0.2) is 9.55 Å². The topological polar surface area (TPSA) is 55.9 Å². The Kier molecular flexibility index (Phi) is 2.59. The van der Waals surface area contributed by atoms with E-state index in [0.29, 0.717) is 5.69 Å². The first-order valence-corrected chi connectivity index (χ1v) is 5.86. The average Bonchev–Trinajstić information content (AvgIpc) is 2.75. The number of anilines is 3. The standard InChI is InChI=1S/C14H13FN4/c1-19-8-17-13-7-10(3-5-14(13)19)18-9-2-4-12(16)11(15)6-9/h2-8,18H,16H2,1H3. The largest absolute Gasteiger partial charge is 0.396 e. The summed E-state index contributed by atoms with van der Waals surface area (Å²) in [5.74, 6) is -0.427. The number of hydrogen-bond acceptors (Lipinski definition) is 3. The molecule has 0 unspecified atom stereocenters. The molecule has 0 aliphatic heterocycles. The zero-order chi connectivity index (χ0) is 13.4. The van der Waals surface area contributed by atoms with Crippen LogP contribution in [0.25, 0.3) is 11.0 Å². The number of fused-ring (bicyclic) bond motifs is 1. The molecule has 5 heteroatoms. The van der Waals surface area contributed by atoms with Gasteiger partial charge in [0.05, 0.1) is 23.0 Å². The predicted molar refractivity (Wildman–Crippen MR) is 74.8 cm³/mol. The summed E-state index contributed by atoms with van der Waals surface area (Å²) in [7, 11) is 1.94. The summed E-state index contributed by atoms with van der Waals surface area (Å²) in [6.07, 6.45) is 1.76. The van der Waals surface area contributed by atoms with Crippen molar-refractivity contribution in [2.45, 2.75) is 0 Å².